The Kier molecular flexibility index (Phi) is 4.22. The molecule has 0 radical (unpaired) electrons. The van der Waals surface area contributed by atoms with Gasteiger partial charge in [0.2, 0.25) is 0 Å². The Labute approximate surface area is 108 Å². The van der Waals surface area contributed by atoms with E-state index in [0.717, 1.165) is 0 Å². The zero-order valence-corrected chi connectivity index (χ0v) is 11.7. The van der Waals surface area contributed by atoms with Crippen LogP contribution in [-0.2, 0) is 0 Å². The largest absolute Gasteiger partial charge is 0.504 e. The van der Waals surface area contributed by atoms with Gasteiger partial charge in [-0.15, -0.1) is 0 Å². The van der Waals surface area contributed by atoms with Crippen LogP contribution in [0.15, 0.2) is 18.2 Å². The zero-order chi connectivity index (χ0) is 13.9. The third-order valence-electron chi connectivity index (χ3n) is 2.51. The molecular formula is C14H21NO3. The third-order valence-corrected chi connectivity index (χ3v) is 2.51. The van der Waals surface area contributed by atoms with E-state index in [2.05, 4.69) is 20.8 Å². The highest BCUT2D eigenvalue weighted by atomic mass is 16.5. The SMILES string of the molecule is COc1cccc(C(=O)N(C)CC(C)(C)C)c1O. The Bertz CT molecular complexity index is 435. The molecule has 0 aromatic heterocycles. The summed E-state index contributed by atoms with van der Waals surface area (Å²) < 4.78 is 5.00. The number of benzene rings is 1. The first-order valence-corrected chi connectivity index (χ1v) is 5.87. The van der Waals surface area contributed by atoms with Crippen LogP contribution in [0, 0.1) is 5.41 Å². The highest BCUT2D eigenvalue weighted by Gasteiger charge is 2.22. The smallest absolute Gasteiger partial charge is 0.257 e. The number of phenolic OH excluding ortho intramolecular Hbond substituents is 1. The number of carbonyl (C=O) groups is 1. The van der Waals surface area contributed by atoms with Gasteiger partial charge in [-0.3, -0.25) is 4.79 Å². The number of nitrogens with zero attached hydrogens (tertiary/aromatic N) is 1. The number of hydrogen-bond acceptors (Lipinski definition) is 3. The molecule has 1 rings (SSSR count). The lowest BCUT2D eigenvalue weighted by molar-refractivity contribution is 0.0742. The van der Waals surface area contributed by atoms with Crippen LogP contribution in [0.2, 0.25) is 0 Å². The van der Waals surface area contributed by atoms with E-state index in [1.807, 2.05) is 0 Å². The highest BCUT2D eigenvalue weighted by Crippen LogP contribution is 2.30. The molecule has 0 saturated heterocycles. The maximum absolute atomic E-state index is 12.2. The zero-order valence-electron chi connectivity index (χ0n) is 11.7. The van der Waals surface area contributed by atoms with Crippen molar-refractivity contribution in [3.05, 3.63) is 23.8 Å². The van der Waals surface area contributed by atoms with Gasteiger partial charge in [0, 0.05) is 13.6 Å². The van der Waals surface area contributed by atoms with Crippen LogP contribution in [-0.4, -0.2) is 36.6 Å². The topological polar surface area (TPSA) is 49.8 Å². The van der Waals surface area contributed by atoms with Crippen LogP contribution >= 0.6 is 0 Å². The number of methoxy groups -OCH3 is 1. The molecule has 0 unspecified atom stereocenters. The van der Waals surface area contributed by atoms with Crippen molar-refractivity contribution >= 4 is 5.91 Å². The Morgan fingerprint density at radius 1 is 1.39 bits per heavy atom. The van der Waals surface area contributed by atoms with Crippen LogP contribution in [0.1, 0.15) is 31.1 Å². The molecule has 100 valence electrons. The van der Waals surface area contributed by atoms with Gasteiger partial charge in [0.05, 0.1) is 12.7 Å². The summed E-state index contributed by atoms with van der Waals surface area (Å²) in [4.78, 5) is 13.8. The number of ether oxygens (including phenoxy) is 1. The van der Waals surface area contributed by atoms with Crippen molar-refractivity contribution in [3.63, 3.8) is 0 Å². The minimum absolute atomic E-state index is 0.0128. The molecule has 0 saturated carbocycles. The summed E-state index contributed by atoms with van der Waals surface area (Å²) in [6.07, 6.45) is 0. The number of carbonyl (C=O) groups excluding carboxylic acids is 1. The summed E-state index contributed by atoms with van der Waals surface area (Å²) in [7, 11) is 3.19. The van der Waals surface area contributed by atoms with Crippen LogP contribution in [0.5, 0.6) is 11.5 Å². The molecular weight excluding hydrogens is 230 g/mol. The third kappa shape index (κ3) is 3.39. The fourth-order valence-corrected chi connectivity index (χ4v) is 1.85. The van der Waals surface area contributed by atoms with Gasteiger partial charge in [-0.25, -0.2) is 0 Å². The second kappa shape index (κ2) is 5.29. The van der Waals surface area contributed by atoms with Crippen LogP contribution in [0.3, 0.4) is 0 Å². The minimum Gasteiger partial charge on any atom is -0.504 e. The Morgan fingerprint density at radius 2 is 2.00 bits per heavy atom. The molecule has 4 heteroatoms. The Hall–Kier alpha value is -1.71. The lowest BCUT2D eigenvalue weighted by Gasteiger charge is -2.27. The van der Waals surface area contributed by atoms with Gasteiger partial charge in [-0.2, -0.15) is 0 Å². The van der Waals surface area contributed by atoms with Gasteiger partial charge in [0.15, 0.2) is 11.5 Å². The van der Waals surface area contributed by atoms with E-state index >= 15 is 0 Å². The fourth-order valence-electron chi connectivity index (χ4n) is 1.85. The number of hydrogen-bond donors (Lipinski definition) is 1. The van der Waals surface area contributed by atoms with Crippen molar-refractivity contribution in [1.29, 1.82) is 0 Å². The maximum Gasteiger partial charge on any atom is 0.257 e. The second-order valence-electron chi connectivity index (χ2n) is 5.58. The number of aromatic hydroxyl groups is 1. The standard InChI is InChI=1S/C14H21NO3/c1-14(2,3)9-15(4)13(17)10-7-6-8-11(18-5)12(10)16/h6-8,16H,9H2,1-5H3. The van der Waals surface area contributed by atoms with Crippen LogP contribution in [0.25, 0.3) is 0 Å². The summed E-state index contributed by atoms with van der Waals surface area (Å²) in [6.45, 7) is 6.79. The average molecular weight is 251 g/mol. The molecule has 0 bridgehead atoms. The molecule has 1 N–H and O–H groups in total. The monoisotopic (exact) mass is 251 g/mol. The summed E-state index contributed by atoms with van der Waals surface area (Å²) in [5, 5.41) is 9.93. The highest BCUT2D eigenvalue weighted by molar-refractivity contribution is 5.97. The van der Waals surface area contributed by atoms with Crippen molar-refractivity contribution < 1.29 is 14.6 Å². The number of para-hydroxylation sites is 1. The maximum atomic E-state index is 12.2. The summed E-state index contributed by atoms with van der Waals surface area (Å²) >= 11 is 0. The molecule has 4 nitrogen and oxygen atoms in total. The van der Waals surface area contributed by atoms with Gasteiger partial charge in [-0.05, 0) is 17.5 Å². The van der Waals surface area contributed by atoms with E-state index < -0.39 is 0 Å². The number of phenols is 1. The molecule has 0 aliphatic carbocycles. The van der Waals surface area contributed by atoms with Crippen molar-refractivity contribution in [2.24, 2.45) is 5.41 Å². The lowest BCUT2D eigenvalue weighted by Crippen LogP contribution is -2.34. The molecule has 0 aliphatic rings. The van der Waals surface area contributed by atoms with E-state index in [1.54, 1.807) is 30.1 Å². The van der Waals surface area contributed by atoms with E-state index in [1.165, 1.54) is 7.11 Å². The first-order valence-electron chi connectivity index (χ1n) is 5.87. The summed E-state index contributed by atoms with van der Waals surface area (Å²) in [5.41, 5.74) is 0.278. The number of amides is 1. The van der Waals surface area contributed by atoms with Gasteiger partial charge in [0.25, 0.3) is 5.91 Å². The fraction of sp³-hybridized carbons (Fsp3) is 0.500. The predicted molar refractivity (Wildman–Crippen MR) is 71.1 cm³/mol. The molecule has 1 aromatic rings. The van der Waals surface area contributed by atoms with Crippen LogP contribution in [0.4, 0.5) is 0 Å². The second-order valence-corrected chi connectivity index (χ2v) is 5.58. The van der Waals surface area contributed by atoms with Crippen molar-refractivity contribution in [1.82, 2.24) is 4.90 Å². The predicted octanol–water partition coefficient (Wildman–Crippen LogP) is 2.52. The van der Waals surface area contributed by atoms with E-state index in [-0.39, 0.29) is 22.6 Å². The Balaban J connectivity index is 2.97. The molecule has 1 amide bonds. The van der Waals surface area contributed by atoms with Gasteiger partial charge >= 0.3 is 0 Å². The van der Waals surface area contributed by atoms with Crippen molar-refractivity contribution in [2.75, 3.05) is 20.7 Å². The van der Waals surface area contributed by atoms with Crippen molar-refractivity contribution in [2.45, 2.75) is 20.8 Å². The normalized spacial score (nSPS) is 11.2. The summed E-state index contributed by atoms with van der Waals surface area (Å²) in [6, 6.07) is 4.91. The average Bonchev–Trinajstić information content (AvgIpc) is 2.26. The molecule has 18 heavy (non-hydrogen) atoms. The first-order chi connectivity index (χ1) is 8.26. The first kappa shape index (κ1) is 14.4. The van der Waals surface area contributed by atoms with Crippen LogP contribution < -0.4 is 4.74 Å². The molecule has 0 heterocycles. The van der Waals surface area contributed by atoms with Gasteiger partial charge < -0.3 is 14.7 Å². The van der Waals surface area contributed by atoms with E-state index in [0.29, 0.717) is 12.3 Å². The van der Waals surface area contributed by atoms with Crippen molar-refractivity contribution in [3.8, 4) is 11.5 Å². The minimum atomic E-state index is -0.207. The quantitative estimate of drug-likeness (QED) is 0.898. The molecule has 1 aromatic carbocycles. The lowest BCUT2D eigenvalue weighted by atomic mass is 9.96. The van der Waals surface area contributed by atoms with Gasteiger partial charge in [0.1, 0.15) is 0 Å². The molecule has 0 aliphatic heterocycles. The molecule has 0 spiro atoms. The summed E-state index contributed by atoms with van der Waals surface area (Å²) in [5.74, 6) is -0.00269. The molecule has 0 atom stereocenters. The number of rotatable bonds is 3. The van der Waals surface area contributed by atoms with Gasteiger partial charge in [-0.1, -0.05) is 26.8 Å². The van der Waals surface area contributed by atoms with E-state index in [4.69, 9.17) is 4.74 Å². The molecule has 0 fully saturated rings. The van der Waals surface area contributed by atoms with E-state index in [9.17, 15) is 9.90 Å². The Morgan fingerprint density at radius 3 is 2.50 bits per heavy atom.